The fraction of sp³-hybridized carbons (Fsp3) is 0.400. The van der Waals surface area contributed by atoms with Crippen LogP contribution in [0.15, 0.2) is 40.3 Å². The normalized spacial score (nSPS) is 14.3. The third-order valence-electron chi connectivity index (χ3n) is 3.17. The minimum atomic E-state index is 0.325. The van der Waals surface area contributed by atoms with Crippen molar-refractivity contribution < 1.29 is 0 Å². The lowest BCUT2D eigenvalue weighted by atomic mass is 9.96. The number of halogens is 1. The van der Waals surface area contributed by atoms with Gasteiger partial charge in [0.2, 0.25) is 0 Å². The largest absolute Gasteiger partial charge is 0.309 e. The summed E-state index contributed by atoms with van der Waals surface area (Å²) in [5.41, 5.74) is 1.14. The molecule has 2 rings (SSSR count). The number of thiophene rings is 1. The molecule has 0 aliphatic carbocycles. The van der Waals surface area contributed by atoms with Gasteiger partial charge in [-0.05, 0) is 53.2 Å². The summed E-state index contributed by atoms with van der Waals surface area (Å²) in [6.07, 6.45) is 3.00. The molecule has 0 aromatic carbocycles. The number of aromatic nitrogens is 1. The third-order valence-corrected chi connectivity index (χ3v) is 4.88. The van der Waals surface area contributed by atoms with Crippen LogP contribution in [0.1, 0.15) is 42.8 Å². The van der Waals surface area contributed by atoms with Crippen molar-refractivity contribution >= 4 is 27.3 Å². The minimum absolute atomic E-state index is 0.325. The van der Waals surface area contributed by atoms with Crippen molar-refractivity contribution in [3.63, 3.8) is 0 Å². The predicted molar refractivity (Wildman–Crippen MR) is 85.7 cm³/mol. The van der Waals surface area contributed by atoms with Gasteiger partial charge in [0.25, 0.3) is 0 Å². The van der Waals surface area contributed by atoms with Crippen molar-refractivity contribution in [2.45, 2.75) is 32.2 Å². The molecule has 102 valence electrons. The molecule has 0 saturated carbocycles. The second kappa shape index (κ2) is 7.17. The molecule has 2 nitrogen and oxygen atoms in total. The van der Waals surface area contributed by atoms with Gasteiger partial charge in [0.15, 0.2) is 0 Å². The van der Waals surface area contributed by atoms with Crippen LogP contribution in [0.5, 0.6) is 0 Å². The van der Waals surface area contributed by atoms with E-state index in [0.717, 1.165) is 18.7 Å². The highest BCUT2D eigenvalue weighted by Crippen LogP contribution is 2.35. The number of hydrogen-bond donors (Lipinski definition) is 1. The van der Waals surface area contributed by atoms with Gasteiger partial charge in [-0.25, -0.2) is 0 Å². The van der Waals surface area contributed by atoms with Crippen molar-refractivity contribution in [1.29, 1.82) is 0 Å². The van der Waals surface area contributed by atoms with Crippen molar-refractivity contribution in [2.24, 2.45) is 0 Å². The first-order valence-electron chi connectivity index (χ1n) is 6.62. The fourth-order valence-corrected chi connectivity index (χ4v) is 3.74. The molecule has 0 amide bonds. The number of hydrogen-bond acceptors (Lipinski definition) is 3. The summed E-state index contributed by atoms with van der Waals surface area (Å²) < 4.78 is 1.18. The Bertz CT molecular complexity index is 498. The molecule has 0 radical (unpaired) electrons. The van der Waals surface area contributed by atoms with Crippen molar-refractivity contribution in [2.75, 3.05) is 6.54 Å². The van der Waals surface area contributed by atoms with Crippen LogP contribution in [0.4, 0.5) is 0 Å². The standard InChI is InChI=1S/C15H19BrN2S/c1-3-9-18-15(13-7-8-14(16)19-13)11(2)12-6-4-5-10-17-12/h4-8,10-11,15,18H,3,9H2,1-2H3. The first kappa shape index (κ1) is 14.7. The summed E-state index contributed by atoms with van der Waals surface area (Å²) in [4.78, 5) is 5.85. The van der Waals surface area contributed by atoms with Gasteiger partial charge in [0.05, 0.1) is 3.79 Å². The number of pyridine rings is 1. The average molecular weight is 339 g/mol. The summed E-state index contributed by atoms with van der Waals surface area (Å²) in [7, 11) is 0. The lowest BCUT2D eigenvalue weighted by Gasteiger charge is -2.24. The molecule has 0 saturated heterocycles. The Morgan fingerprint density at radius 3 is 2.74 bits per heavy atom. The zero-order valence-corrected chi connectivity index (χ0v) is 13.7. The van der Waals surface area contributed by atoms with E-state index in [2.05, 4.69) is 64.3 Å². The van der Waals surface area contributed by atoms with E-state index in [1.165, 1.54) is 8.66 Å². The van der Waals surface area contributed by atoms with Crippen LogP contribution >= 0.6 is 27.3 Å². The van der Waals surface area contributed by atoms with E-state index in [0.29, 0.717) is 12.0 Å². The smallest absolute Gasteiger partial charge is 0.0701 e. The SMILES string of the molecule is CCCNC(c1ccc(Br)s1)C(C)c1ccccn1. The Morgan fingerprint density at radius 1 is 1.32 bits per heavy atom. The maximum absolute atomic E-state index is 4.49. The Kier molecular flexibility index (Phi) is 5.55. The van der Waals surface area contributed by atoms with Crippen molar-refractivity contribution in [3.05, 3.63) is 50.9 Å². The summed E-state index contributed by atoms with van der Waals surface area (Å²) >= 11 is 5.34. The number of nitrogens with one attached hydrogen (secondary N) is 1. The van der Waals surface area contributed by atoms with Crippen LogP contribution in [0, 0.1) is 0 Å². The molecule has 0 aliphatic heterocycles. The molecule has 2 unspecified atom stereocenters. The molecule has 2 heterocycles. The lowest BCUT2D eigenvalue weighted by Crippen LogP contribution is -2.26. The van der Waals surface area contributed by atoms with E-state index in [-0.39, 0.29) is 0 Å². The van der Waals surface area contributed by atoms with Gasteiger partial charge < -0.3 is 5.32 Å². The molecular weight excluding hydrogens is 320 g/mol. The van der Waals surface area contributed by atoms with Gasteiger partial charge in [-0.2, -0.15) is 0 Å². The van der Waals surface area contributed by atoms with Crippen LogP contribution in [-0.2, 0) is 0 Å². The second-order valence-corrected chi connectivity index (χ2v) is 7.11. The molecular formula is C15H19BrN2S. The first-order chi connectivity index (χ1) is 9.22. The third kappa shape index (κ3) is 3.88. The van der Waals surface area contributed by atoms with Crippen LogP contribution in [0.25, 0.3) is 0 Å². The van der Waals surface area contributed by atoms with E-state index >= 15 is 0 Å². The van der Waals surface area contributed by atoms with E-state index in [1.54, 1.807) is 11.3 Å². The van der Waals surface area contributed by atoms with Gasteiger partial charge in [0.1, 0.15) is 0 Å². The second-order valence-electron chi connectivity index (χ2n) is 4.62. The Labute approximate surface area is 127 Å². The van der Waals surface area contributed by atoms with Gasteiger partial charge in [-0.3, -0.25) is 4.98 Å². The molecule has 19 heavy (non-hydrogen) atoms. The van der Waals surface area contributed by atoms with Gasteiger partial charge in [0, 0.05) is 28.7 Å². The molecule has 0 bridgehead atoms. The summed E-state index contributed by atoms with van der Waals surface area (Å²) in [6.45, 7) is 5.46. The van der Waals surface area contributed by atoms with Gasteiger partial charge >= 0.3 is 0 Å². The topological polar surface area (TPSA) is 24.9 Å². The monoisotopic (exact) mass is 338 g/mol. The molecule has 0 aliphatic rings. The molecule has 4 heteroatoms. The fourth-order valence-electron chi connectivity index (χ4n) is 2.14. The van der Waals surface area contributed by atoms with Crippen LogP contribution in [0.3, 0.4) is 0 Å². The molecule has 0 fully saturated rings. The quantitative estimate of drug-likeness (QED) is 0.821. The lowest BCUT2D eigenvalue weighted by molar-refractivity contribution is 0.466. The van der Waals surface area contributed by atoms with E-state index in [1.807, 2.05) is 12.3 Å². The number of rotatable bonds is 6. The molecule has 2 aromatic rings. The van der Waals surface area contributed by atoms with Gasteiger partial charge in [-0.1, -0.05) is 19.9 Å². The predicted octanol–water partition coefficient (Wildman–Crippen LogP) is 4.75. The highest BCUT2D eigenvalue weighted by atomic mass is 79.9. The summed E-state index contributed by atoms with van der Waals surface area (Å²) in [6, 6.07) is 10.8. The summed E-state index contributed by atoms with van der Waals surface area (Å²) in [5, 5.41) is 3.65. The maximum Gasteiger partial charge on any atom is 0.0701 e. The van der Waals surface area contributed by atoms with Gasteiger partial charge in [-0.15, -0.1) is 11.3 Å². The molecule has 2 aromatic heterocycles. The molecule has 1 N–H and O–H groups in total. The minimum Gasteiger partial charge on any atom is -0.309 e. The van der Waals surface area contributed by atoms with E-state index in [4.69, 9.17) is 0 Å². The Hall–Kier alpha value is -0.710. The van der Waals surface area contributed by atoms with Crippen LogP contribution in [0.2, 0.25) is 0 Å². The zero-order chi connectivity index (χ0) is 13.7. The Balaban J connectivity index is 2.22. The van der Waals surface area contributed by atoms with E-state index < -0.39 is 0 Å². The zero-order valence-electron chi connectivity index (χ0n) is 11.3. The summed E-state index contributed by atoms with van der Waals surface area (Å²) in [5.74, 6) is 0.360. The van der Waals surface area contributed by atoms with E-state index in [9.17, 15) is 0 Å². The molecule has 2 atom stereocenters. The highest BCUT2D eigenvalue weighted by molar-refractivity contribution is 9.11. The first-order valence-corrected chi connectivity index (χ1v) is 8.23. The highest BCUT2D eigenvalue weighted by Gasteiger charge is 2.22. The maximum atomic E-state index is 4.49. The van der Waals surface area contributed by atoms with Crippen LogP contribution < -0.4 is 5.32 Å². The average Bonchev–Trinajstić information content (AvgIpc) is 2.86. The van der Waals surface area contributed by atoms with Crippen LogP contribution in [-0.4, -0.2) is 11.5 Å². The molecule has 0 spiro atoms. The van der Waals surface area contributed by atoms with Crippen molar-refractivity contribution in [1.82, 2.24) is 10.3 Å². The Morgan fingerprint density at radius 2 is 2.16 bits per heavy atom. The van der Waals surface area contributed by atoms with Crippen molar-refractivity contribution in [3.8, 4) is 0 Å². The number of nitrogens with zero attached hydrogens (tertiary/aromatic N) is 1.